The van der Waals surface area contributed by atoms with E-state index in [0.29, 0.717) is 13.1 Å². The standard InChI is InChI=1S/C15H24N2O3S/c1-13-4-5-14(20-13)10-16-8-3-6-15(11-16)7-9-17(12-15)21(2,18)19/h4-5H,3,6-12H2,1-2H3. The first-order valence-corrected chi connectivity index (χ1v) is 9.44. The van der Waals surface area contributed by atoms with Gasteiger partial charge in [0.2, 0.25) is 10.0 Å². The Morgan fingerprint density at radius 3 is 2.67 bits per heavy atom. The third-order valence-electron chi connectivity index (χ3n) is 4.79. The van der Waals surface area contributed by atoms with Gasteiger partial charge in [0, 0.05) is 19.6 Å². The summed E-state index contributed by atoms with van der Waals surface area (Å²) in [4.78, 5) is 2.41. The second-order valence-corrected chi connectivity index (χ2v) is 8.66. The minimum atomic E-state index is -3.05. The van der Waals surface area contributed by atoms with Crippen molar-refractivity contribution in [3.05, 3.63) is 23.7 Å². The molecular weight excluding hydrogens is 288 g/mol. The lowest BCUT2D eigenvalue weighted by molar-refractivity contribution is 0.0877. The number of sulfonamides is 1. The molecule has 2 aliphatic heterocycles. The second kappa shape index (κ2) is 5.41. The van der Waals surface area contributed by atoms with Gasteiger partial charge in [0.15, 0.2) is 0 Å². The van der Waals surface area contributed by atoms with Gasteiger partial charge in [-0.25, -0.2) is 12.7 Å². The summed E-state index contributed by atoms with van der Waals surface area (Å²) >= 11 is 0. The highest BCUT2D eigenvalue weighted by atomic mass is 32.2. The van der Waals surface area contributed by atoms with Crippen LogP contribution in [0.2, 0.25) is 0 Å². The zero-order valence-electron chi connectivity index (χ0n) is 12.8. The number of hydrogen-bond acceptors (Lipinski definition) is 4. The number of furan rings is 1. The predicted molar refractivity (Wildman–Crippen MR) is 81.4 cm³/mol. The monoisotopic (exact) mass is 312 g/mol. The summed E-state index contributed by atoms with van der Waals surface area (Å²) in [5.41, 5.74) is 0.142. The van der Waals surface area contributed by atoms with Gasteiger partial charge in [-0.15, -0.1) is 0 Å². The van der Waals surface area contributed by atoms with E-state index in [2.05, 4.69) is 4.90 Å². The summed E-state index contributed by atoms with van der Waals surface area (Å²) in [5, 5.41) is 0. The molecule has 0 aliphatic carbocycles. The van der Waals surface area contributed by atoms with Crippen molar-refractivity contribution in [3.8, 4) is 0 Å². The van der Waals surface area contributed by atoms with Gasteiger partial charge in [0.1, 0.15) is 11.5 Å². The Morgan fingerprint density at radius 2 is 2.05 bits per heavy atom. The summed E-state index contributed by atoms with van der Waals surface area (Å²) in [7, 11) is -3.05. The van der Waals surface area contributed by atoms with Crippen molar-refractivity contribution < 1.29 is 12.8 Å². The normalized spacial score (nSPS) is 28.5. The minimum absolute atomic E-state index is 0.142. The SMILES string of the molecule is Cc1ccc(CN2CCCC3(CCN(S(C)(=O)=O)C3)C2)o1. The number of aryl methyl sites for hydroxylation is 1. The molecule has 1 aromatic rings. The van der Waals surface area contributed by atoms with Gasteiger partial charge in [0.25, 0.3) is 0 Å². The van der Waals surface area contributed by atoms with E-state index in [1.165, 1.54) is 6.26 Å². The van der Waals surface area contributed by atoms with Crippen LogP contribution in [0.25, 0.3) is 0 Å². The van der Waals surface area contributed by atoms with Gasteiger partial charge < -0.3 is 4.42 Å². The van der Waals surface area contributed by atoms with Crippen molar-refractivity contribution in [1.82, 2.24) is 9.21 Å². The van der Waals surface area contributed by atoms with E-state index in [9.17, 15) is 8.42 Å². The molecule has 0 aromatic carbocycles. The highest BCUT2D eigenvalue weighted by Gasteiger charge is 2.43. The topological polar surface area (TPSA) is 53.8 Å². The summed E-state index contributed by atoms with van der Waals surface area (Å²) in [6.45, 7) is 6.18. The first-order valence-electron chi connectivity index (χ1n) is 7.59. The van der Waals surface area contributed by atoms with Crippen molar-refractivity contribution in [2.24, 2.45) is 5.41 Å². The van der Waals surface area contributed by atoms with Crippen LogP contribution in [0.4, 0.5) is 0 Å². The highest BCUT2D eigenvalue weighted by molar-refractivity contribution is 7.88. The predicted octanol–water partition coefficient (Wildman–Crippen LogP) is 1.84. The maximum atomic E-state index is 11.7. The molecule has 1 unspecified atom stereocenters. The smallest absolute Gasteiger partial charge is 0.211 e. The Labute approximate surface area is 127 Å². The molecule has 0 radical (unpaired) electrons. The van der Waals surface area contributed by atoms with E-state index in [-0.39, 0.29) is 5.41 Å². The second-order valence-electron chi connectivity index (χ2n) is 6.67. The van der Waals surface area contributed by atoms with Crippen LogP contribution in [0.3, 0.4) is 0 Å². The fourth-order valence-electron chi connectivity index (χ4n) is 3.75. The molecule has 1 aromatic heterocycles. The Kier molecular flexibility index (Phi) is 3.88. The average Bonchev–Trinajstić information content (AvgIpc) is 2.97. The third kappa shape index (κ3) is 3.33. The number of rotatable bonds is 3. The van der Waals surface area contributed by atoms with Gasteiger partial charge in [0.05, 0.1) is 12.8 Å². The molecule has 0 saturated carbocycles. The van der Waals surface area contributed by atoms with Gasteiger partial charge in [-0.2, -0.15) is 0 Å². The largest absolute Gasteiger partial charge is 0.465 e. The third-order valence-corrected chi connectivity index (χ3v) is 6.04. The van der Waals surface area contributed by atoms with Crippen LogP contribution in [-0.4, -0.2) is 50.1 Å². The van der Waals surface area contributed by atoms with Crippen molar-refractivity contribution in [2.75, 3.05) is 32.4 Å². The van der Waals surface area contributed by atoms with E-state index < -0.39 is 10.0 Å². The molecule has 3 heterocycles. The number of hydrogen-bond donors (Lipinski definition) is 0. The van der Waals surface area contributed by atoms with Crippen LogP contribution in [0.15, 0.2) is 16.5 Å². The molecule has 2 saturated heterocycles. The number of likely N-dealkylation sites (tertiary alicyclic amines) is 1. The number of piperidine rings is 1. The summed E-state index contributed by atoms with van der Waals surface area (Å²) < 4.78 is 30.8. The lowest BCUT2D eigenvalue weighted by Crippen LogP contribution is -2.44. The quantitative estimate of drug-likeness (QED) is 0.854. The van der Waals surface area contributed by atoms with Crippen molar-refractivity contribution >= 4 is 10.0 Å². The van der Waals surface area contributed by atoms with Crippen LogP contribution in [0.5, 0.6) is 0 Å². The molecule has 3 rings (SSSR count). The first-order chi connectivity index (χ1) is 9.86. The molecule has 21 heavy (non-hydrogen) atoms. The maximum absolute atomic E-state index is 11.7. The Bertz CT molecular complexity index is 610. The van der Waals surface area contributed by atoms with Gasteiger partial charge in [-0.1, -0.05) is 0 Å². The minimum Gasteiger partial charge on any atom is -0.465 e. The zero-order valence-corrected chi connectivity index (χ0v) is 13.7. The lowest BCUT2D eigenvalue weighted by Gasteiger charge is -2.40. The van der Waals surface area contributed by atoms with E-state index in [1.807, 2.05) is 19.1 Å². The van der Waals surface area contributed by atoms with Gasteiger partial charge in [-0.3, -0.25) is 4.90 Å². The fourth-order valence-corrected chi connectivity index (χ4v) is 4.68. The van der Waals surface area contributed by atoms with Crippen molar-refractivity contribution in [1.29, 1.82) is 0 Å². The van der Waals surface area contributed by atoms with Crippen LogP contribution >= 0.6 is 0 Å². The molecular formula is C15H24N2O3S. The van der Waals surface area contributed by atoms with Crippen molar-refractivity contribution in [3.63, 3.8) is 0 Å². The Hall–Kier alpha value is -0.850. The molecule has 118 valence electrons. The molecule has 2 aliphatic rings. The maximum Gasteiger partial charge on any atom is 0.211 e. The molecule has 2 fully saturated rings. The highest BCUT2D eigenvalue weighted by Crippen LogP contribution is 2.40. The molecule has 0 bridgehead atoms. The molecule has 0 amide bonds. The van der Waals surface area contributed by atoms with E-state index in [1.54, 1.807) is 4.31 Å². The number of nitrogens with zero attached hydrogens (tertiary/aromatic N) is 2. The van der Waals surface area contributed by atoms with E-state index in [0.717, 1.165) is 50.4 Å². The van der Waals surface area contributed by atoms with Crippen LogP contribution in [-0.2, 0) is 16.6 Å². The summed E-state index contributed by atoms with van der Waals surface area (Å²) in [6.07, 6.45) is 4.57. The molecule has 1 spiro atoms. The van der Waals surface area contributed by atoms with Crippen LogP contribution in [0.1, 0.15) is 30.8 Å². The van der Waals surface area contributed by atoms with Gasteiger partial charge >= 0.3 is 0 Å². The Balaban J connectivity index is 1.66. The summed E-state index contributed by atoms with van der Waals surface area (Å²) in [6, 6.07) is 4.03. The van der Waals surface area contributed by atoms with E-state index >= 15 is 0 Å². The zero-order chi connectivity index (χ0) is 15.1. The lowest BCUT2D eigenvalue weighted by atomic mass is 9.79. The van der Waals surface area contributed by atoms with E-state index in [4.69, 9.17) is 4.42 Å². The van der Waals surface area contributed by atoms with Crippen LogP contribution in [0, 0.1) is 12.3 Å². The summed E-state index contributed by atoms with van der Waals surface area (Å²) in [5.74, 6) is 1.95. The molecule has 0 N–H and O–H groups in total. The molecule has 5 nitrogen and oxygen atoms in total. The Morgan fingerprint density at radius 1 is 1.24 bits per heavy atom. The first kappa shape index (κ1) is 15.1. The molecule has 1 atom stereocenters. The van der Waals surface area contributed by atoms with Crippen molar-refractivity contribution in [2.45, 2.75) is 32.7 Å². The fraction of sp³-hybridized carbons (Fsp3) is 0.733. The average molecular weight is 312 g/mol. The molecule has 6 heteroatoms. The van der Waals surface area contributed by atoms with Crippen LogP contribution < -0.4 is 0 Å². The van der Waals surface area contributed by atoms with Gasteiger partial charge in [-0.05, 0) is 50.3 Å².